The first-order valence-corrected chi connectivity index (χ1v) is 26.1. The van der Waals surface area contributed by atoms with Crippen LogP contribution in [0.2, 0.25) is 0 Å². The molecule has 0 bridgehead atoms. The van der Waals surface area contributed by atoms with Crippen molar-refractivity contribution < 1.29 is 19.2 Å². The Morgan fingerprint density at radius 2 is 1.30 bits per heavy atom. The molecule has 2 aromatic heterocycles. The Morgan fingerprint density at radius 1 is 0.718 bits per heavy atom. The molecule has 15 heteroatoms. The first-order valence-electron chi connectivity index (χ1n) is 24.6. The number of para-hydroxylation sites is 2. The highest BCUT2D eigenvalue weighted by molar-refractivity contribution is 9.09. The third kappa shape index (κ3) is 13.7. The zero-order valence-corrected chi connectivity index (χ0v) is 42.8. The van der Waals surface area contributed by atoms with Crippen LogP contribution in [0.4, 0.5) is 11.4 Å². The number of fused-ring (bicyclic) bond motifs is 4. The lowest BCUT2D eigenvalue weighted by Crippen LogP contribution is -2.35. The number of carbonyl (C=O) groups is 4. The summed E-state index contributed by atoms with van der Waals surface area (Å²) in [5, 5.41) is 5.76. The number of benzene rings is 4. The molecule has 0 aliphatic carbocycles. The van der Waals surface area contributed by atoms with Crippen LogP contribution >= 0.6 is 27.5 Å². The maximum absolute atomic E-state index is 13.3. The van der Waals surface area contributed by atoms with Gasteiger partial charge in [-0.2, -0.15) is 0 Å². The van der Waals surface area contributed by atoms with Crippen molar-refractivity contribution in [3.05, 3.63) is 156 Å². The second kappa shape index (κ2) is 24.7. The van der Waals surface area contributed by atoms with E-state index in [9.17, 15) is 19.2 Å². The number of hydrogen-bond acceptors (Lipinski definition) is 10. The Bertz CT molecular complexity index is 2930. The number of nitrogens with zero attached hydrogens (tertiary/aromatic N) is 8. The number of rotatable bonds is 11. The van der Waals surface area contributed by atoms with Crippen molar-refractivity contribution in [2.75, 3.05) is 75.5 Å². The lowest BCUT2D eigenvalue weighted by molar-refractivity contribution is -0.114. The lowest BCUT2D eigenvalue weighted by Gasteiger charge is -2.29. The minimum Gasteiger partial charge on any atom is -0.385 e. The molecule has 4 aromatic carbocycles. The van der Waals surface area contributed by atoms with Crippen molar-refractivity contribution >= 4 is 83.7 Å². The average Bonchev–Trinajstić information content (AvgIpc) is 4.07. The molecule has 0 unspecified atom stereocenters. The van der Waals surface area contributed by atoms with Crippen LogP contribution in [0.1, 0.15) is 69.2 Å². The molecule has 71 heavy (non-hydrogen) atoms. The number of hydrogen-bond donors (Lipinski definition) is 1. The van der Waals surface area contributed by atoms with Gasteiger partial charge in [-0.05, 0) is 142 Å². The van der Waals surface area contributed by atoms with E-state index in [4.69, 9.17) is 21.6 Å². The number of aryl methyl sites for hydroxylation is 2. The fourth-order valence-electron chi connectivity index (χ4n) is 9.63. The van der Waals surface area contributed by atoms with Gasteiger partial charge >= 0.3 is 0 Å². The molecule has 10 rings (SSSR count). The van der Waals surface area contributed by atoms with Gasteiger partial charge in [0.2, 0.25) is 5.24 Å². The number of aromatic nitrogens is 4. The maximum atomic E-state index is 13.3. The van der Waals surface area contributed by atoms with Crippen molar-refractivity contribution in [1.29, 1.82) is 0 Å². The first kappa shape index (κ1) is 51.0. The monoisotopic (exact) mass is 1040 g/mol. The molecule has 0 saturated carbocycles. The Balaban J connectivity index is 0.000000172. The molecule has 2 fully saturated rings. The number of carbonyl (C=O) groups excluding carboxylic acids is 4. The minimum atomic E-state index is -0.431. The molecule has 3 amide bonds. The highest BCUT2D eigenvalue weighted by Gasteiger charge is 2.30. The van der Waals surface area contributed by atoms with Gasteiger partial charge in [0.15, 0.2) is 0 Å². The van der Waals surface area contributed by atoms with E-state index in [2.05, 4.69) is 43.3 Å². The van der Waals surface area contributed by atoms with E-state index in [0.29, 0.717) is 35.8 Å². The largest absolute Gasteiger partial charge is 0.385 e. The van der Waals surface area contributed by atoms with Gasteiger partial charge in [-0.25, -0.2) is 19.9 Å². The fraction of sp³-hybridized carbons (Fsp3) is 0.357. The molecule has 6 aromatic rings. The molecule has 2 atom stereocenters. The number of halogens is 2. The summed E-state index contributed by atoms with van der Waals surface area (Å²) in [5.41, 5.74) is 7.89. The van der Waals surface area contributed by atoms with Crippen LogP contribution in [0.3, 0.4) is 0 Å². The summed E-state index contributed by atoms with van der Waals surface area (Å²) in [4.78, 5) is 75.2. The van der Waals surface area contributed by atoms with Crippen LogP contribution in [0.5, 0.6) is 0 Å². The molecule has 4 aliphatic heterocycles. The van der Waals surface area contributed by atoms with Crippen LogP contribution in [-0.2, 0) is 35.3 Å². The van der Waals surface area contributed by atoms with Crippen molar-refractivity contribution in [2.45, 2.75) is 51.4 Å². The Morgan fingerprint density at radius 3 is 1.87 bits per heavy atom. The summed E-state index contributed by atoms with van der Waals surface area (Å²) in [7, 11) is 3.95. The van der Waals surface area contributed by atoms with Gasteiger partial charge in [0.25, 0.3) is 17.7 Å². The molecule has 0 radical (unpaired) electrons. The predicted octanol–water partition coefficient (Wildman–Crippen LogP) is 9.13. The van der Waals surface area contributed by atoms with Crippen LogP contribution in [0.15, 0.2) is 122 Å². The van der Waals surface area contributed by atoms with Crippen molar-refractivity contribution in [2.24, 2.45) is 11.8 Å². The zero-order chi connectivity index (χ0) is 49.7. The summed E-state index contributed by atoms with van der Waals surface area (Å²) >= 11 is 7.99. The molecule has 13 nitrogen and oxygen atoms in total. The number of amides is 3. The van der Waals surface area contributed by atoms with Gasteiger partial charge in [-0.15, -0.1) is 0 Å². The summed E-state index contributed by atoms with van der Waals surface area (Å²) < 4.78 is 0. The van der Waals surface area contributed by atoms with Crippen LogP contribution in [0, 0.1) is 11.8 Å². The standard InChI is InChI=1S/C29H33N5O2.C23H24N4O.C4H4BrClO/c1-32(2)14-6-10-28(35)34-15-5-8-22-18-23(11-12-26(22)34)29(36)33-16-13-21(20-33)17-27-30-19-24-7-3-4-9-25(24)31-27;28-23(18-7-8-20-17(13-18)5-3-10-24-20)27-11-9-16(15-27)12-22-25-14-19-4-1-2-6-21(19)26-22;5-3-1-2-4(6)7/h3-4,6-7,9-12,18-19,21H,5,8,13-17,20H2,1-2H3;1-2,4,6-8,13-14,16,24H,3,5,9-12,15H2;1-2H,3H2/b10-6+;;2-1+/t21-;16-;/m00./s1. The SMILES string of the molecule is CN(C)C/C=C/C(=O)N1CCCc2cc(C(=O)N3CC[C@@H](Cc4ncc5ccccc5n4)C3)ccc21.O=C(Cl)/C=C/CBr.O=C(c1ccc2c(c1)CCCN2)N1CC[C@@H](Cc2ncc3ccccc3n2)C1. The van der Waals surface area contributed by atoms with Crippen LogP contribution in [0.25, 0.3) is 21.8 Å². The number of allylic oxidation sites excluding steroid dienone is 2. The van der Waals surface area contributed by atoms with Gasteiger partial charge in [0.1, 0.15) is 11.6 Å². The third-order valence-electron chi connectivity index (χ3n) is 13.2. The highest BCUT2D eigenvalue weighted by Crippen LogP contribution is 2.31. The summed E-state index contributed by atoms with van der Waals surface area (Å²) in [6.07, 6.45) is 17.8. The smallest absolute Gasteiger partial charge is 0.253 e. The van der Waals surface area contributed by atoms with E-state index in [0.717, 1.165) is 134 Å². The second-order valence-corrected chi connectivity index (χ2v) is 19.8. The van der Waals surface area contributed by atoms with Crippen molar-refractivity contribution in [3.63, 3.8) is 0 Å². The van der Waals surface area contributed by atoms with E-state index in [1.165, 1.54) is 17.3 Å². The van der Waals surface area contributed by atoms with Gasteiger partial charge in [-0.1, -0.05) is 64.5 Å². The summed E-state index contributed by atoms with van der Waals surface area (Å²) in [6.45, 7) is 5.50. The third-order valence-corrected chi connectivity index (χ3v) is 13.7. The van der Waals surface area contributed by atoms with E-state index < -0.39 is 5.24 Å². The number of anilines is 2. The number of likely N-dealkylation sites (N-methyl/N-ethyl adjacent to an activating group) is 1. The summed E-state index contributed by atoms with van der Waals surface area (Å²) in [5.74, 6) is 2.70. The van der Waals surface area contributed by atoms with Crippen LogP contribution in [-0.4, -0.2) is 123 Å². The van der Waals surface area contributed by atoms with Crippen molar-refractivity contribution in [3.8, 4) is 0 Å². The Hall–Kier alpha value is -6.35. The molecule has 2 saturated heterocycles. The molecule has 1 N–H and O–H groups in total. The molecular formula is C56H61BrClN9O4. The molecular weight excluding hydrogens is 978 g/mol. The van der Waals surface area contributed by atoms with Gasteiger partial charge in [-0.3, -0.25) is 19.2 Å². The Kier molecular flexibility index (Phi) is 17.7. The summed E-state index contributed by atoms with van der Waals surface area (Å²) in [6, 6.07) is 28.0. The van der Waals surface area contributed by atoms with Gasteiger partial charge in [0.05, 0.1) is 11.0 Å². The van der Waals surface area contributed by atoms with E-state index in [1.54, 1.807) is 12.2 Å². The Labute approximate surface area is 429 Å². The van der Waals surface area contributed by atoms with Crippen molar-refractivity contribution in [1.82, 2.24) is 34.6 Å². The lowest BCUT2D eigenvalue weighted by atomic mass is 9.98. The van der Waals surface area contributed by atoms with Gasteiger partial charge in [0, 0.05) is 116 Å². The highest BCUT2D eigenvalue weighted by atomic mass is 79.9. The fourth-order valence-corrected chi connectivity index (χ4v) is 9.90. The number of nitrogens with one attached hydrogen (secondary N) is 1. The van der Waals surface area contributed by atoms with E-state index in [1.807, 2.05) is 125 Å². The maximum Gasteiger partial charge on any atom is 0.253 e. The predicted molar refractivity (Wildman–Crippen MR) is 286 cm³/mol. The number of alkyl halides is 1. The second-order valence-electron chi connectivity index (χ2n) is 18.8. The molecule has 368 valence electrons. The van der Waals surface area contributed by atoms with Crippen LogP contribution < -0.4 is 10.2 Å². The molecule has 6 heterocycles. The molecule has 0 spiro atoms. The van der Waals surface area contributed by atoms with Gasteiger partial charge < -0.3 is 24.9 Å². The average molecular weight is 1040 g/mol. The topological polar surface area (TPSA) is 145 Å². The molecule has 4 aliphatic rings. The minimum absolute atomic E-state index is 0.00447. The zero-order valence-electron chi connectivity index (χ0n) is 40.5. The van der Waals surface area contributed by atoms with E-state index >= 15 is 0 Å². The van der Waals surface area contributed by atoms with E-state index in [-0.39, 0.29) is 17.7 Å². The first-order chi connectivity index (χ1) is 34.5. The number of likely N-dealkylation sites (tertiary alicyclic amines) is 2. The normalized spacial score (nSPS) is 17.4. The quantitative estimate of drug-likeness (QED) is 0.0758.